The van der Waals surface area contributed by atoms with Gasteiger partial charge in [-0.1, -0.05) is 0 Å². The molecule has 0 saturated carbocycles. The highest BCUT2D eigenvalue weighted by Crippen LogP contribution is 1.96. The molecule has 12 heavy (non-hydrogen) atoms. The average molecular weight is 173 g/mol. The molecule has 0 bridgehead atoms. The molecule has 0 fully saturated rings. The molecule has 3 N–H and O–H groups in total. The van der Waals surface area contributed by atoms with E-state index in [1.165, 1.54) is 0 Å². The molecule has 0 atom stereocenters. The minimum atomic E-state index is -0.0271. The number of rotatable bonds is 3. The van der Waals surface area contributed by atoms with E-state index in [0.717, 1.165) is 0 Å². The second-order valence-corrected chi connectivity index (χ2v) is 3.63. The first-order chi connectivity index (χ1) is 5.45. The van der Waals surface area contributed by atoms with E-state index in [1.54, 1.807) is 7.11 Å². The third kappa shape index (κ3) is 7.34. The molecule has 0 aromatic carbocycles. The molecular weight excluding hydrogens is 154 g/mol. The Bertz CT molecular complexity index is 149. The molecular formula is C8H19N3O. The maximum atomic E-state index is 5.58. The zero-order chi connectivity index (χ0) is 9.61. The summed E-state index contributed by atoms with van der Waals surface area (Å²) in [5.41, 5.74) is 5.56. The molecule has 0 aromatic heterocycles. The zero-order valence-corrected chi connectivity index (χ0v) is 8.35. The van der Waals surface area contributed by atoms with Gasteiger partial charge in [0.05, 0.1) is 13.2 Å². The van der Waals surface area contributed by atoms with Crippen LogP contribution in [0.3, 0.4) is 0 Å². The van der Waals surface area contributed by atoms with Gasteiger partial charge in [-0.25, -0.2) is 0 Å². The van der Waals surface area contributed by atoms with Crippen molar-refractivity contribution in [3.63, 3.8) is 0 Å². The lowest BCUT2D eigenvalue weighted by molar-refractivity contribution is 0.208. The molecule has 72 valence electrons. The lowest BCUT2D eigenvalue weighted by Crippen LogP contribution is -2.45. The Morgan fingerprint density at radius 3 is 2.50 bits per heavy atom. The Morgan fingerprint density at radius 1 is 1.50 bits per heavy atom. The van der Waals surface area contributed by atoms with E-state index < -0.39 is 0 Å². The topological polar surface area (TPSA) is 59.6 Å². The van der Waals surface area contributed by atoms with Gasteiger partial charge in [-0.15, -0.1) is 0 Å². The first kappa shape index (κ1) is 11.2. The van der Waals surface area contributed by atoms with Crippen molar-refractivity contribution >= 4 is 5.96 Å². The molecule has 0 spiro atoms. The van der Waals surface area contributed by atoms with Crippen molar-refractivity contribution < 1.29 is 4.74 Å². The predicted octanol–water partition coefficient (Wildman–Crippen LogP) is 0.336. The predicted molar refractivity (Wildman–Crippen MR) is 51.3 cm³/mol. The monoisotopic (exact) mass is 173 g/mol. The highest BCUT2D eigenvalue weighted by atomic mass is 16.5. The number of nitrogens with zero attached hydrogens (tertiary/aromatic N) is 1. The Hall–Kier alpha value is -0.770. The lowest BCUT2D eigenvalue weighted by atomic mass is 10.1. The van der Waals surface area contributed by atoms with Crippen LogP contribution in [-0.2, 0) is 4.74 Å². The zero-order valence-electron chi connectivity index (χ0n) is 8.35. The maximum Gasteiger partial charge on any atom is 0.189 e. The lowest BCUT2D eigenvalue weighted by Gasteiger charge is -2.20. The summed E-state index contributed by atoms with van der Waals surface area (Å²) < 4.78 is 4.83. The van der Waals surface area contributed by atoms with E-state index in [2.05, 4.69) is 10.3 Å². The van der Waals surface area contributed by atoms with Crippen LogP contribution in [0.5, 0.6) is 0 Å². The summed E-state index contributed by atoms with van der Waals surface area (Å²) >= 11 is 0. The maximum absolute atomic E-state index is 5.58. The third-order valence-corrected chi connectivity index (χ3v) is 1.08. The molecule has 0 aliphatic rings. The highest BCUT2D eigenvalue weighted by Gasteiger charge is 2.08. The fraction of sp³-hybridized carbons (Fsp3) is 0.875. The number of aliphatic imine (C=N–C) groups is 1. The number of hydrogen-bond acceptors (Lipinski definition) is 2. The number of methoxy groups -OCH3 is 1. The smallest absolute Gasteiger partial charge is 0.189 e. The fourth-order valence-corrected chi connectivity index (χ4v) is 0.681. The van der Waals surface area contributed by atoms with Crippen LogP contribution in [0.2, 0.25) is 0 Å². The van der Waals surface area contributed by atoms with Crippen LogP contribution in [-0.4, -0.2) is 31.8 Å². The fourth-order valence-electron chi connectivity index (χ4n) is 0.681. The van der Waals surface area contributed by atoms with Gasteiger partial charge in [0.1, 0.15) is 0 Å². The van der Waals surface area contributed by atoms with E-state index in [4.69, 9.17) is 10.5 Å². The molecule has 0 aliphatic carbocycles. The van der Waals surface area contributed by atoms with Crippen molar-refractivity contribution in [1.82, 2.24) is 5.32 Å². The van der Waals surface area contributed by atoms with Crippen LogP contribution >= 0.6 is 0 Å². The molecule has 0 aromatic rings. The van der Waals surface area contributed by atoms with E-state index in [0.29, 0.717) is 19.1 Å². The molecule has 0 saturated heterocycles. The van der Waals surface area contributed by atoms with Gasteiger partial charge in [0.25, 0.3) is 0 Å². The SMILES string of the molecule is COCCN=C(N)NC(C)(C)C. The minimum absolute atomic E-state index is 0.0271. The summed E-state index contributed by atoms with van der Waals surface area (Å²) in [6, 6.07) is 0. The molecule has 4 nitrogen and oxygen atoms in total. The minimum Gasteiger partial charge on any atom is -0.383 e. The quantitative estimate of drug-likeness (QED) is 0.367. The van der Waals surface area contributed by atoms with Crippen molar-refractivity contribution in [2.75, 3.05) is 20.3 Å². The molecule has 0 unspecified atom stereocenters. The Morgan fingerprint density at radius 2 is 2.08 bits per heavy atom. The summed E-state index contributed by atoms with van der Waals surface area (Å²) in [5.74, 6) is 0.472. The van der Waals surface area contributed by atoms with Gasteiger partial charge in [0.15, 0.2) is 5.96 Å². The second kappa shape index (κ2) is 4.98. The van der Waals surface area contributed by atoms with Gasteiger partial charge in [-0.3, -0.25) is 4.99 Å². The van der Waals surface area contributed by atoms with Gasteiger partial charge < -0.3 is 15.8 Å². The third-order valence-electron chi connectivity index (χ3n) is 1.08. The van der Waals surface area contributed by atoms with Crippen molar-refractivity contribution in [2.45, 2.75) is 26.3 Å². The second-order valence-electron chi connectivity index (χ2n) is 3.63. The summed E-state index contributed by atoms with van der Waals surface area (Å²) in [7, 11) is 1.64. The molecule has 4 heteroatoms. The van der Waals surface area contributed by atoms with E-state index in [-0.39, 0.29) is 5.54 Å². The average Bonchev–Trinajstić information content (AvgIpc) is 1.84. The van der Waals surface area contributed by atoms with Crippen molar-refractivity contribution in [1.29, 1.82) is 0 Å². The number of nitrogens with two attached hydrogens (primary N) is 1. The van der Waals surface area contributed by atoms with Gasteiger partial charge in [0.2, 0.25) is 0 Å². The molecule has 0 radical (unpaired) electrons. The van der Waals surface area contributed by atoms with Gasteiger partial charge in [0, 0.05) is 12.6 Å². The summed E-state index contributed by atoms with van der Waals surface area (Å²) in [5, 5.41) is 3.05. The van der Waals surface area contributed by atoms with Gasteiger partial charge in [-0.2, -0.15) is 0 Å². The largest absolute Gasteiger partial charge is 0.383 e. The highest BCUT2D eigenvalue weighted by molar-refractivity contribution is 5.78. The molecule has 0 rings (SSSR count). The standard InChI is InChI=1S/C8H19N3O/c1-8(2,3)11-7(9)10-5-6-12-4/h5-6H2,1-4H3,(H3,9,10,11). The molecule has 0 amide bonds. The Balaban J connectivity index is 3.70. The summed E-state index contributed by atoms with van der Waals surface area (Å²) in [6.45, 7) is 7.31. The van der Waals surface area contributed by atoms with E-state index in [9.17, 15) is 0 Å². The van der Waals surface area contributed by atoms with Crippen LogP contribution in [0.15, 0.2) is 4.99 Å². The number of guanidine groups is 1. The summed E-state index contributed by atoms with van der Waals surface area (Å²) in [6.07, 6.45) is 0. The van der Waals surface area contributed by atoms with Crippen LogP contribution in [0.1, 0.15) is 20.8 Å². The van der Waals surface area contributed by atoms with Crippen LogP contribution < -0.4 is 11.1 Å². The van der Waals surface area contributed by atoms with Crippen molar-refractivity contribution in [2.24, 2.45) is 10.7 Å². The van der Waals surface area contributed by atoms with Gasteiger partial charge in [-0.05, 0) is 20.8 Å². The Kier molecular flexibility index (Phi) is 4.66. The molecule has 0 aliphatic heterocycles. The summed E-state index contributed by atoms with van der Waals surface area (Å²) in [4.78, 5) is 4.06. The first-order valence-corrected chi connectivity index (χ1v) is 4.03. The van der Waals surface area contributed by atoms with E-state index in [1.807, 2.05) is 20.8 Å². The van der Waals surface area contributed by atoms with Crippen molar-refractivity contribution in [3.05, 3.63) is 0 Å². The molecule has 0 heterocycles. The normalized spacial score (nSPS) is 13.2. The number of nitrogens with one attached hydrogen (secondary N) is 1. The Labute approximate surface area is 74.2 Å². The van der Waals surface area contributed by atoms with Crippen LogP contribution in [0, 0.1) is 0 Å². The number of hydrogen-bond donors (Lipinski definition) is 2. The van der Waals surface area contributed by atoms with Crippen molar-refractivity contribution in [3.8, 4) is 0 Å². The first-order valence-electron chi connectivity index (χ1n) is 4.03. The van der Waals surface area contributed by atoms with Gasteiger partial charge >= 0.3 is 0 Å². The van der Waals surface area contributed by atoms with Crippen LogP contribution in [0.25, 0.3) is 0 Å². The van der Waals surface area contributed by atoms with E-state index >= 15 is 0 Å². The number of ether oxygens (including phenoxy) is 1. The van der Waals surface area contributed by atoms with Crippen LogP contribution in [0.4, 0.5) is 0 Å².